The summed E-state index contributed by atoms with van der Waals surface area (Å²) in [6, 6.07) is 0. The van der Waals surface area contributed by atoms with Crippen LogP contribution in [0.2, 0.25) is 0 Å². The fraction of sp³-hybridized carbons (Fsp3) is 0.629. The number of hydrogen-bond donors (Lipinski definition) is 0. The maximum absolute atomic E-state index is 12.8. The molecule has 0 saturated heterocycles. The lowest BCUT2D eigenvalue weighted by molar-refractivity contribution is -0.870. The summed E-state index contributed by atoms with van der Waals surface area (Å²) in [5.41, 5.74) is 0. The first-order valence-electron chi connectivity index (χ1n) is 31.5. The zero-order valence-electron chi connectivity index (χ0n) is 51.5. The Balaban J connectivity index is 4.22. The molecule has 2 atom stereocenters. The number of phosphoric ester groups is 1. The molecule has 0 aliphatic heterocycles. The summed E-state index contributed by atoms with van der Waals surface area (Å²) in [6.45, 7) is 4.07. The highest BCUT2D eigenvalue weighted by Crippen LogP contribution is 2.38. The van der Waals surface area contributed by atoms with Crippen LogP contribution in [0.25, 0.3) is 0 Å². The maximum atomic E-state index is 12.8. The van der Waals surface area contributed by atoms with Crippen molar-refractivity contribution in [2.45, 2.75) is 238 Å². The van der Waals surface area contributed by atoms with Gasteiger partial charge in [0.15, 0.2) is 6.10 Å². The molecule has 9 nitrogen and oxygen atoms in total. The number of quaternary nitrogens is 1. The monoisotopic (exact) mass is 1130 g/mol. The van der Waals surface area contributed by atoms with Crippen LogP contribution < -0.4 is 4.89 Å². The zero-order valence-corrected chi connectivity index (χ0v) is 52.4. The molecule has 0 bridgehead atoms. The predicted octanol–water partition coefficient (Wildman–Crippen LogP) is 19.6. The van der Waals surface area contributed by atoms with E-state index in [1.54, 1.807) is 0 Å². The van der Waals surface area contributed by atoms with Gasteiger partial charge in [0.25, 0.3) is 7.82 Å². The quantitative estimate of drug-likeness (QED) is 0.0195. The molecule has 10 heteroatoms. The highest BCUT2D eigenvalue weighted by molar-refractivity contribution is 7.45. The third-order valence-electron chi connectivity index (χ3n) is 12.8. The van der Waals surface area contributed by atoms with Gasteiger partial charge < -0.3 is 27.9 Å². The number of esters is 2. The minimum Gasteiger partial charge on any atom is -0.756 e. The Morgan fingerprint density at radius 1 is 0.400 bits per heavy atom. The van der Waals surface area contributed by atoms with Crippen molar-refractivity contribution in [1.82, 2.24) is 0 Å². The Bertz CT molecular complexity index is 1860. The van der Waals surface area contributed by atoms with Crippen molar-refractivity contribution in [3.05, 3.63) is 146 Å². The van der Waals surface area contributed by atoms with Gasteiger partial charge in [-0.2, -0.15) is 0 Å². The molecule has 0 spiro atoms. The summed E-state index contributed by atoms with van der Waals surface area (Å²) in [6.07, 6.45) is 87.5. The smallest absolute Gasteiger partial charge is 0.306 e. The maximum Gasteiger partial charge on any atom is 0.306 e. The van der Waals surface area contributed by atoms with Crippen LogP contribution in [0.15, 0.2) is 146 Å². The van der Waals surface area contributed by atoms with Crippen molar-refractivity contribution in [3.63, 3.8) is 0 Å². The van der Waals surface area contributed by atoms with Crippen molar-refractivity contribution in [3.8, 4) is 0 Å². The number of nitrogens with zero attached hydrogens (tertiary/aromatic N) is 1. The molecular formula is C70H116NO8P. The van der Waals surface area contributed by atoms with Gasteiger partial charge in [-0.1, -0.05) is 243 Å². The van der Waals surface area contributed by atoms with Crippen LogP contribution in [0.1, 0.15) is 232 Å². The third-order valence-corrected chi connectivity index (χ3v) is 13.8. The minimum atomic E-state index is -4.66. The van der Waals surface area contributed by atoms with Crippen molar-refractivity contribution < 1.29 is 42.1 Å². The minimum absolute atomic E-state index is 0.0436. The number of unbranched alkanes of at least 4 members (excludes halogenated alkanes) is 18. The largest absolute Gasteiger partial charge is 0.756 e. The zero-order chi connectivity index (χ0) is 58.4. The molecule has 0 aromatic carbocycles. The van der Waals surface area contributed by atoms with Gasteiger partial charge >= 0.3 is 11.9 Å². The first-order chi connectivity index (χ1) is 39.0. The molecule has 0 radical (unpaired) electrons. The molecule has 80 heavy (non-hydrogen) atoms. The van der Waals surface area contributed by atoms with Crippen molar-refractivity contribution in [2.24, 2.45) is 0 Å². The van der Waals surface area contributed by atoms with E-state index in [0.717, 1.165) is 141 Å². The number of likely N-dealkylation sites (N-methyl/N-ethyl adjacent to an activating group) is 1. The number of carbonyl (C=O) groups is 2. The van der Waals surface area contributed by atoms with Gasteiger partial charge in [0, 0.05) is 12.8 Å². The molecule has 0 aliphatic rings. The van der Waals surface area contributed by atoms with Crippen molar-refractivity contribution in [2.75, 3.05) is 47.5 Å². The van der Waals surface area contributed by atoms with Gasteiger partial charge in [0.1, 0.15) is 19.8 Å². The number of hydrogen-bond acceptors (Lipinski definition) is 8. The summed E-state index contributed by atoms with van der Waals surface area (Å²) in [4.78, 5) is 37.9. The van der Waals surface area contributed by atoms with E-state index in [1.807, 2.05) is 21.1 Å². The molecule has 454 valence electrons. The topological polar surface area (TPSA) is 111 Å². The van der Waals surface area contributed by atoms with Crippen LogP contribution in [-0.2, 0) is 32.7 Å². The fourth-order valence-corrected chi connectivity index (χ4v) is 8.74. The van der Waals surface area contributed by atoms with E-state index in [4.69, 9.17) is 18.5 Å². The van der Waals surface area contributed by atoms with E-state index in [1.165, 1.54) is 51.4 Å². The molecule has 0 saturated carbocycles. The highest BCUT2D eigenvalue weighted by atomic mass is 31.2. The Hall–Kier alpha value is -4.11. The van der Waals surface area contributed by atoms with Crippen LogP contribution in [0.5, 0.6) is 0 Å². The van der Waals surface area contributed by atoms with Gasteiger partial charge in [0.2, 0.25) is 0 Å². The number of ether oxygens (including phenoxy) is 2. The Morgan fingerprint density at radius 3 is 1.06 bits per heavy atom. The Morgan fingerprint density at radius 2 is 0.713 bits per heavy atom. The molecule has 0 aromatic rings. The lowest BCUT2D eigenvalue weighted by atomic mass is 10.1. The van der Waals surface area contributed by atoms with Crippen molar-refractivity contribution in [1.29, 1.82) is 0 Å². The van der Waals surface area contributed by atoms with E-state index in [0.29, 0.717) is 23.9 Å². The lowest BCUT2D eigenvalue weighted by Crippen LogP contribution is -2.37. The average molecular weight is 1130 g/mol. The van der Waals surface area contributed by atoms with E-state index < -0.39 is 32.5 Å². The predicted molar refractivity (Wildman–Crippen MR) is 341 cm³/mol. The molecule has 2 unspecified atom stereocenters. The van der Waals surface area contributed by atoms with E-state index in [2.05, 4.69) is 160 Å². The van der Waals surface area contributed by atoms with Gasteiger partial charge in [-0.25, -0.2) is 0 Å². The van der Waals surface area contributed by atoms with Gasteiger partial charge in [0.05, 0.1) is 27.7 Å². The van der Waals surface area contributed by atoms with E-state index >= 15 is 0 Å². The Labute approximate surface area is 491 Å². The van der Waals surface area contributed by atoms with Crippen LogP contribution in [0, 0.1) is 0 Å². The molecule has 0 amide bonds. The standard InChI is InChI=1S/C70H116NO8P/c1-6-8-10-12-14-16-18-20-22-24-26-28-29-30-31-32-33-34-35-36-37-38-39-40-41-43-45-47-49-51-53-55-57-59-61-63-70(73)79-68(67-78-80(74,75)77-65-64-71(3,4)5)66-76-69(72)62-60-58-56-54-52-50-48-46-44-42-27-25-23-21-19-17-15-13-11-9-7-2/h8,10,14,16,19-22,25-28,30-31,33-34,36-37,39-40,43-46,68H,6-7,9,11-13,15,17-18,23-24,29,32,35,38,41-42,47-67H2,1-5H3/b10-8-,16-14-,21-19-,22-20-,27-25-,28-26-,31-30-,34-33-,37-36-,40-39-,45-43-,46-44-. The van der Waals surface area contributed by atoms with E-state index in [-0.39, 0.29) is 26.1 Å². The molecular weight excluding hydrogens is 1010 g/mol. The molecule has 0 aromatic heterocycles. The summed E-state index contributed by atoms with van der Waals surface area (Å²) >= 11 is 0. The summed E-state index contributed by atoms with van der Waals surface area (Å²) in [5, 5.41) is 0. The average Bonchev–Trinajstić information content (AvgIpc) is 3.42. The van der Waals surface area contributed by atoms with E-state index in [9.17, 15) is 19.0 Å². The van der Waals surface area contributed by atoms with Gasteiger partial charge in [-0.3, -0.25) is 14.2 Å². The molecule has 0 N–H and O–H groups in total. The molecule has 0 heterocycles. The number of carbonyl (C=O) groups excluding carboxylic acids is 2. The lowest BCUT2D eigenvalue weighted by Gasteiger charge is -2.28. The fourth-order valence-electron chi connectivity index (χ4n) is 8.01. The highest BCUT2D eigenvalue weighted by Gasteiger charge is 2.22. The summed E-state index contributed by atoms with van der Waals surface area (Å²) in [5.74, 6) is -0.870. The number of phosphoric acid groups is 1. The molecule has 0 fully saturated rings. The first-order valence-corrected chi connectivity index (χ1v) is 33.0. The normalized spacial score (nSPS) is 14.2. The Kier molecular flexibility index (Phi) is 56.5. The first kappa shape index (κ1) is 75.9. The second-order valence-electron chi connectivity index (χ2n) is 21.7. The third kappa shape index (κ3) is 63.1. The van der Waals surface area contributed by atoms with Crippen LogP contribution >= 0.6 is 7.82 Å². The summed E-state index contributed by atoms with van der Waals surface area (Å²) < 4.78 is 34.2. The second-order valence-corrected chi connectivity index (χ2v) is 23.1. The van der Waals surface area contributed by atoms with Gasteiger partial charge in [-0.05, 0) is 122 Å². The van der Waals surface area contributed by atoms with Gasteiger partial charge in [-0.15, -0.1) is 0 Å². The number of allylic oxidation sites excluding steroid dienone is 24. The number of rotatable bonds is 56. The van der Waals surface area contributed by atoms with Crippen LogP contribution in [0.4, 0.5) is 0 Å². The molecule has 0 aliphatic carbocycles. The van der Waals surface area contributed by atoms with Crippen molar-refractivity contribution >= 4 is 19.8 Å². The molecule has 0 rings (SSSR count). The van der Waals surface area contributed by atoms with Crippen LogP contribution in [-0.4, -0.2) is 70.0 Å². The van der Waals surface area contributed by atoms with Crippen LogP contribution in [0.3, 0.4) is 0 Å². The second kappa shape index (κ2) is 59.5. The summed E-state index contributed by atoms with van der Waals surface area (Å²) in [7, 11) is 1.13. The SMILES string of the molecule is CC/C=C\C/C=C\C/C=C\C/C=C\C/C=C\C/C=C\C/C=C\C/C=C\C/C=C\CCCCCCCCCC(=O)OC(COC(=O)CCCCCCCC/C=C\C/C=C\C/C=C\CCCCCCC)COP(=O)([O-])OCC[N+](C)(C)C.